The molecule has 0 aliphatic carbocycles. The van der Waals surface area contributed by atoms with Crippen LogP contribution in [-0.2, 0) is 18.4 Å². The van der Waals surface area contributed by atoms with Gasteiger partial charge in [0.1, 0.15) is 11.9 Å². The van der Waals surface area contributed by atoms with Gasteiger partial charge in [-0.3, -0.25) is 14.2 Å². The highest BCUT2D eigenvalue weighted by molar-refractivity contribution is 5.92. The zero-order valence-electron chi connectivity index (χ0n) is 17.8. The van der Waals surface area contributed by atoms with Gasteiger partial charge in [-0.15, -0.1) is 0 Å². The number of carbonyl (C=O) groups excluding carboxylic acids is 1. The molecule has 1 saturated heterocycles. The summed E-state index contributed by atoms with van der Waals surface area (Å²) in [6.07, 6.45) is 4.41. The maximum Gasteiger partial charge on any atom is 0.220 e. The van der Waals surface area contributed by atoms with Crippen LogP contribution < -0.4 is 10.1 Å². The Kier molecular flexibility index (Phi) is 5.06. The number of benzene rings is 1. The molecule has 154 valence electrons. The van der Waals surface area contributed by atoms with Gasteiger partial charge in [0.15, 0.2) is 0 Å². The van der Waals surface area contributed by atoms with Crippen LogP contribution >= 0.6 is 0 Å². The van der Waals surface area contributed by atoms with Gasteiger partial charge in [0.25, 0.3) is 0 Å². The molecule has 2 aromatic heterocycles. The Morgan fingerprint density at radius 3 is 2.76 bits per heavy atom. The van der Waals surface area contributed by atoms with Crippen molar-refractivity contribution in [1.29, 1.82) is 0 Å². The minimum absolute atomic E-state index is 0.0735. The quantitative estimate of drug-likeness (QED) is 0.695. The summed E-state index contributed by atoms with van der Waals surface area (Å²) < 4.78 is 10.3. The number of carbonyl (C=O) groups is 1. The van der Waals surface area contributed by atoms with Crippen LogP contribution in [0.3, 0.4) is 0 Å². The van der Waals surface area contributed by atoms with Crippen molar-refractivity contribution in [3.05, 3.63) is 30.2 Å². The number of hydrogen-bond donors (Lipinski definition) is 1. The first-order chi connectivity index (χ1) is 13.8. The predicted molar refractivity (Wildman–Crippen MR) is 113 cm³/mol. The largest absolute Gasteiger partial charge is 0.490 e. The summed E-state index contributed by atoms with van der Waals surface area (Å²) in [5.74, 6) is 1.61. The molecule has 1 aliphatic rings. The van der Waals surface area contributed by atoms with Gasteiger partial charge in [-0.25, -0.2) is 0 Å². The molecule has 7 heteroatoms. The first kappa shape index (κ1) is 19.5. The maximum absolute atomic E-state index is 11.6. The van der Waals surface area contributed by atoms with Crippen LogP contribution in [0.15, 0.2) is 24.5 Å². The van der Waals surface area contributed by atoms with E-state index >= 15 is 0 Å². The Hall–Kier alpha value is -2.83. The second-order valence-corrected chi connectivity index (χ2v) is 8.51. The summed E-state index contributed by atoms with van der Waals surface area (Å²) in [4.78, 5) is 11.6. The molecule has 1 amide bonds. The van der Waals surface area contributed by atoms with Gasteiger partial charge in [-0.1, -0.05) is 13.8 Å². The topological polar surface area (TPSA) is 74.0 Å². The van der Waals surface area contributed by atoms with E-state index in [0.29, 0.717) is 18.9 Å². The van der Waals surface area contributed by atoms with Crippen molar-refractivity contribution in [3.8, 4) is 16.9 Å². The summed E-state index contributed by atoms with van der Waals surface area (Å²) in [5, 5.41) is 13.1. The summed E-state index contributed by atoms with van der Waals surface area (Å²) in [7, 11) is 1.95. The van der Waals surface area contributed by atoms with E-state index in [4.69, 9.17) is 4.74 Å². The molecule has 0 saturated carbocycles. The molecule has 1 N–H and O–H groups in total. The van der Waals surface area contributed by atoms with Crippen LogP contribution in [0.4, 0.5) is 0 Å². The van der Waals surface area contributed by atoms with Gasteiger partial charge in [0.2, 0.25) is 5.91 Å². The van der Waals surface area contributed by atoms with Gasteiger partial charge >= 0.3 is 0 Å². The summed E-state index contributed by atoms with van der Waals surface area (Å²) in [6, 6.07) is 4.17. The average molecular weight is 396 g/mol. The Morgan fingerprint density at radius 2 is 2.07 bits per heavy atom. The molecule has 0 bridgehead atoms. The number of amides is 1. The summed E-state index contributed by atoms with van der Waals surface area (Å²) in [5.41, 5.74) is 4.05. The predicted octanol–water partition coefficient (Wildman–Crippen LogP) is 3.30. The van der Waals surface area contributed by atoms with E-state index in [0.717, 1.165) is 40.0 Å². The molecular weight excluding hydrogens is 366 g/mol. The van der Waals surface area contributed by atoms with Crippen molar-refractivity contribution in [1.82, 2.24) is 24.9 Å². The van der Waals surface area contributed by atoms with E-state index < -0.39 is 0 Å². The lowest BCUT2D eigenvalue weighted by molar-refractivity contribution is -0.119. The van der Waals surface area contributed by atoms with Crippen LogP contribution in [-0.4, -0.2) is 38.1 Å². The number of hydrogen-bond acceptors (Lipinski definition) is 4. The van der Waals surface area contributed by atoms with E-state index in [1.807, 2.05) is 36.5 Å². The fraction of sp³-hybridized carbons (Fsp3) is 0.500. The smallest absolute Gasteiger partial charge is 0.220 e. The maximum atomic E-state index is 11.6. The molecule has 1 fully saturated rings. The fourth-order valence-electron chi connectivity index (χ4n) is 3.94. The second kappa shape index (κ2) is 7.54. The lowest BCUT2D eigenvalue weighted by Gasteiger charge is -2.20. The number of nitrogens with one attached hydrogen (secondary N) is 1. The third-order valence-electron chi connectivity index (χ3n) is 5.69. The second-order valence-electron chi connectivity index (χ2n) is 8.51. The van der Waals surface area contributed by atoms with Crippen molar-refractivity contribution in [3.63, 3.8) is 0 Å². The van der Waals surface area contributed by atoms with Gasteiger partial charge in [0, 0.05) is 49.9 Å². The number of fused-ring (bicyclic) bond motifs is 1. The van der Waals surface area contributed by atoms with E-state index in [-0.39, 0.29) is 17.9 Å². The Morgan fingerprint density at radius 1 is 1.28 bits per heavy atom. The average Bonchev–Trinajstić information content (AvgIpc) is 3.35. The van der Waals surface area contributed by atoms with Crippen LogP contribution in [0.5, 0.6) is 5.75 Å². The Labute approximate surface area is 171 Å². The third-order valence-corrected chi connectivity index (χ3v) is 5.69. The zero-order valence-corrected chi connectivity index (χ0v) is 17.8. The first-order valence-corrected chi connectivity index (χ1v) is 10.3. The molecule has 7 nitrogen and oxygen atoms in total. The molecule has 3 heterocycles. The number of aromatic nitrogens is 4. The molecular formula is C22H29N5O2. The minimum atomic E-state index is -0.0735. The SMILES string of the molecule is Cc1c2c(OC(C)[C@H]3CNC(=O)C3)cc(-c3cnn(CC(C)C)c3)cc2nn1C. The van der Waals surface area contributed by atoms with E-state index in [1.54, 1.807) is 0 Å². The zero-order chi connectivity index (χ0) is 20.7. The van der Waals surface area contributed by atoms with Crippen molar-refractivity contribution in [2.45, 2.75) is 46.8 Å². The molecule has 0 spiro atoms. The molecule has 29 heavy (non-hydrogen) atoms. The molecule has 1 aliphatic heterocycles. The molecule has 2 atom stereocenters. The highest BCUT2D eigenvalue weighted by Gasteiger charge is 2.28. The van der Waals surface area contributed by atoms with E-state index in [1.165, 1.54) is 0 Å². The van der Waals surface area contributed by atoms with Crippen LogP contribution in [0.1, 0.15) is 32.9 Å². The Balaban J connectivity index is 1.71. The Bertz CT molecular complexity index is 1050. The van der Waals surface area contributed by atoms with Gasteiger partial charge in [-0.05, 0) is 37.5 Å². The van der Waals surface area contributed by atoms with E-state index in [9.17, 15) is 4.79 Å². The number of ether oxygens (including phenoxy) is 1. The summed E-state index contributed by atoms with van der Waals surface area (Å²) in [6.45, 7) is 9.99. The lowest BCUT2D eigenvalue weighted by Crippen LogP contribution is -2.25. The molecule has 1 aromatic carbocycles. The third kappa shape index (κ3) is 3.86. The van der Waals surface area contributed by atoms with E-state index in [2.05, 4.69) is 47.7 Å². The number of aryl methyl sites for hydroxylation is 2. The monoisotopic (exact) mass is 395 g/mol. The first-order valence-electron chi connectivity index (χ1n) is 10.3. The van der Waals surface area contributed by atoms with Gasteiger partial charge in [0.05, 0.1) is 17.1 Å². The van der Waals surface area contributed by atoms with Crippen LogP contribution in [0.2, 0.25) is 0 Å². The highest BCUT2D eigenvalue weighted by Crippen LogP contribution is 2.35. The normalized spacial score (nSPS) is 17.9. The number of rotatable bonds is 6. The standard InChI is InChI=1S/C22H29N5O2/c1-13(2)11-27-12-18(10-24-27)16-6-19-22(14(3)26(5)25-19)20(7-16)29-15(4)17-8-21(28)23-9-17/h6-7,10,12-13,15,17H,8-9,11H2,1-5H3,(H,23,28)/t15?,17-/m1/s1. The van der Waals surface area contributed by atoms with Crippen LogP contribution in [0.25, 0.3) is 22.0 Å². The van der Waals surface area contributed by atoms with Crippen LogP contribution in [0, 0.1) is 18.8 Å². The fourth-order valence-corrected chi connectivity index (χ4v) is 3.94. The van der Waals surface area contributed by atoms with Crippen molar-refractivity contribution < 1.29 is 9.53 Å². The molecule has 3 aromatic rings. The van der Waals surface area contributed by atoms with Crippen molar-refractivity contribution in [2.75, 3.05) is 6.54 Å². The number of nitrogens with zero attached hydrogens (tertiary/aromatic N) is 4. The molecule has 1 unspecified atom stereocenters. The van der Waals surface area contributed by atoms with Crippen molar-refractivity contribution in [2.24, 2.45) is 18.9 Å². The minimum Gasteiger partial charge on any atom is -0.490 e. The molecule has 4 rings (SSSR count). The van der Waals surface area contributed by atoms with Gasteiger partial charge < -0.3 is 10.1 Å². The van der Waals surface area contributed by atoms with Crippen molar-refractivity contribution >= 4 is 16.8 Å². The lowest BCUT2D eigenvalue weighted by atomic mass is 10.0. The highest BCUT2D eigenvalue weighted by atomic mass is 16.5. The molecule has 0 radical (unpaired) electrons. The summed E-state index contributed by atoms with van der Waals surface area (Å²) >= 11 is 0. The van der Waals surface area contributed by atoms with Gasteiger partial charge in [-0.2, -0.15) is 10.2 Å².